The largest absolute Gasteiger partial charge is 0.276 e. The highest BCUT2D eigenvalue weighted by Gasteiger charge is 1.48. The molecule has 2 nitrogen and oxygen atoms in total. The van der Waals surface area contributed by atoms with Crippen LogP contribution in [0.15, 0.2) is 0 Å². The summed E-state index contributed by atoms with van der Waals surface area (Å²) in [7, 11) is 0. The van der Waals surface area contributed by atoms with E-state index in [0.29, 0.717) is 0 Å². The van der Waals surface area contributed by atoms with Crippen LogP contribution in [0.2, 0.25) is 0 Å². The van der Waals surface area contributed by atoms with E-state index < -0.39 is 0 Å². The summed E-state index contributed by atoms with van der Waals surface area (Å²) in [6.07, 6.45) is -0.0417. The molecule has 0 aromatic heterocycles. The number of carbonyl (C=O) groups excluding carboxylic acids is 1. The monoisotopic (exact) mass is 63.0 g/mol. The lowest BCUT2D eigenvalue weighted by atomic mass is 11.5. The van der Waals surface area contributed by atoms with Gasteiger partial charge in [-0.15, -0.1) is 4.48 Å². The molecule has 1 N–H and O–H groups in total. The first kappa shape index (κ1) is 3.40. The van der Waals surface area contributed by atoms with Gasteiger partial charge in [-0.05, 0) is 0 Å². The summed E-state index contributed by atoms with van der Waals surface area (Å²) in [6, 6.07) is 0. The number of hydrogen-bond donors (Lipinski definition) is 1. The Morgan fingerprint density at radius 3 is 2.25 bits per heavy atom. The molecule has 0 radical (unpaired) electrons. The van der Waals surface area contributed by atoms with E-state index in [1.165, 1.54) is 0 Å². The predicted octanol–water partition coefficient (Wildman–Crippen LogP) is -0.383. The second-order valence-electron chi connectivity index (χ2n) is 0.227. The molecule has 0 saturated carbocycles. The van der Waals surface area contributed by atoms with Gasteiger partial charge in [0.25, 0.3) is 0 Å². The fourth-order valence-electron chi connectivity index (χ4n) is 0. The number of halogens is 1. The maximum atomic E-state index is 10.1. The highest BCUT2D eigenvalue weighted by atomic mass is 19.2. The normalized spacial score (nSPS) is 5.25. The van der Waals surface area contributed by atoms with E-state index >= 15 is 0 Å². The van der Waals surface area contributed by atoms with Crippen molar-refractivity contribution in [3.8, 4) is 0 Å². The zero-order valence-corrected chi connectivity index (χ0v) is 1.86. The van der Waals surface area contributed by atoms with E-state index in [4.69, 9.17) is 4.79 Å². The van der Waals surface area contributed by atoms with Crippen LogP contribution < -0.4 is 5.54 Å². The number of nitrogens with one attached hydrogen (secondary N) is 1. The molecule has 3 heteroatoms. The molecule has 0 atom stereocenters. The second-order valence-corrected chi connectivity index (χ2v) is 0.227. The van der Waals surface area contributed by atoms with E-state index in [1.54, 1.807) is 0 Å². The zero-order valence-electron chi connectivity index (χ0n) is 1.86. The Hall–Kier alpha value is -0.600. The second kappa shape index (κ2) is 2.40. The molecule has 1 amide bonds. The maximum Gasteiger partial charge on any atom is 0.234 e. The number of rotatable bonds is 1. The summed E-state index contributed by atoms with van der Waals surface area (Å²) in [4.78, 5) is 8.69. The SMILES string of the molecule is O=CNF. The third-order valence-corrected chi connectivity index (χ3v) is 0.0445. The Balaban J connectivity index is 2.30. The molecule has 0 aromatic rings. The van der Waals surface area contributed by atoms with Crippen molar-refractivity contribution in [2.24, 2.45) is 0 Å². The molecule has 0 rings (SSSR count). The topological polar surface area (TPSA) is 29.1 Å². The van der Waals surface area contributed by atoms with Crippen LogP contribution in [-0.4, -0.2) is 6.41 Å². The number of amides is 1. The third kappa shape index (κ3) is 1.40. The Bertz CT molecular complexity index is 22.0. The van der Waals surface area contributed by atoms with Crippen LogP contribution >= 0.6 is 0 Å². The standard InChI is InChI=1S/CH2FNO/c2-3-1-4/h1H,(H,3,4). The van der Waals surface area contributed by atoms with Crippen molar-refractivity contribution in [1.29, 1.82) is 0 Å². The van der Waals surface area contributed by atoms with Crippen LogP contribution in [0.5, 0.6) is 0 Å². The lowest BCUT2D eigenvalue weighted by molar-refractivity contribution is -0.113. The quantitative estimate of drug-likeness (QED) is 0.326. The molecular weight excluding hydrogens is 61.0 g/mol. The van der Waals surface area contributed by atoms with Gasteiger partial charge in [-0.25, -0.2) is 0 Å². The molecule has 0 aliphatic heterocycles. The summed E-state index contributed by atoms with van der Waals surface area (Å²) in [6.45, 7) is 0. The smallest absolute Gasteiger partial charge is 0.234 e. The van der Waals surface area contributed by atoms with Crippen molar-refractivity contribution in [1.82, 2.24) is 5.54 Å². The van der Waals surface area contributed by atoms with Gasteiger partial charge in [-0.3, -0.25) is 4.79 Å². The Morgan fingerprint density at radius 2 is 2.25 bits per heavy atom. The van der Waals surface area contributed by atoms with Crippen LogP contribution in [0.4, 0.5) is 4.48 Å². The first-order valence-corrected chi connectivity index (χ1v) is 0.713. The summed E-state index contributed by atoms with van der Waals surface area (Å²) in [5, 5.41) is 0. The van der Waals surface area contributed by atoms with E-state index in [2.05, 4.69) is 0 Å². The molecule has 0 heterocycles. The molecule has 0 fully saturated rings. The minimum atomic E-state index is -0.0417. The van der Waals surface area contributed by atoms with Gasteiger partial charge in [0, 0.05) is 0 Å². The summed E-state index contributed by atoms with van der Waals surface area (Å²) < 4.78 is 10.1. The predicted molar refractivity (Wildman–Crippen MR) is 10.3 cm³/mol. The van der Waals surface area contributed by atoms with E-state index in [0.717, 1.165) is 5.54 Å². The summed E-state index contributed by atoms with van der Waals surface area (Å²) in [5.74, 6) is 0. The Morgan fingerprint density at radius 1 is 2.00 bits per heavy atom. The first-order valence-electron chi connectivity index (χ1n) is 0.713. The molecule has 4 heavy (non-hydrogen) atoms. The lowest BCUT2D eigenvalue weighted by Crippen LogP contribution is -1.89. The minimum Gasteiger partial charge on any atom is -0.276 e. The molecular formula is CH2FNO. The highest BCUT2D eigenvalue weighted by Crippen LogP contribution is 1.28. The van der Waals surface area contributed by atoms with Gasteiger partial charge >= 0.3 is 0 Å². The number of hydrogen-bond acceptors (Lipinski definition) is 1. The van der Waals surface area contributed by atoms with Crippen molar-refractivity contribution in [2.45, 2.75) is 0 Å². The minimum absolute atomic E-state index is 0.0417. The van der Waals surface area contributed by atoms with Crippen LogP contribution in [0, 0.1) is 0 Å². The van der Waals surface area contributed by atoms with Crippen molar-refractivity contribution in [3.63, 3.8) is 0 Å². The highest BCUT2D eigenvalue weighted by molar-refractivity contribution is 5.43. The van der Waals surface area contributed by atoms with Gasteiger partial charge in [0.1, 0.15) is 0 Å². The van der Waals surface area contributed by atoms with Gasteiger partial charge in [-0.1, -0.05) is 0 Å². The first-order chi connectivity index (χ1) is 1.91. The molecule has 24 valence electrons. The summed E-state index contributed by atoms with van der Waals surface area (Å²) >= 11 is 0. The van der Waals surface area contributed by atoms with Gasteiger partial charge in [-0.2, -0.15) is 5.54 Å². The van der Waals surface area contributed by atoms with Crippen LogP contribution in [0.3, 0.4) is 0 Å². The van der Waals surface area contributed by atoms with Crippen molar-refractivity contribution in [3.05, 3.63) is 0 Å². The van der Waals surface area contributed by atoms with Crippen LogP contribution in [0.25, 0.3) is 0 Å². The van der Waals surface area contributed by atoms with Gasteiger partial charge < -0.3 is 0 Å². The average molecular weight is 63.0 g/mol. The van der Waals surface area contributed by atoms with Gasteiger partial charge in [0.15, 0.2) is 0 Å². The van der Waals surface area contributed by atoms with E-state index in [1.807, 2.05) is 0 Å². The molecule has 0 bridgehead atoms. The molecule has 0 aliphatic rings. The molecule has 0 aromatic carbocycles. The Labute approximate surface area is 22.6 Å². The lowest BCUT2D eigenvalue weighted by Gasteiger charge is -1.57. The Kier molecular flexibility index (Phi) is 2.04. The molecule has 0 unspecified atom stereocenters. The third-order valence-electron chi connectivity index (χ3n) is 0.0445. The summed E-state index contributed by atoms with van der Waals surface area (Å²) in [5.41, 5.74) is 0.750. The molecule has 0 spiro atoms. The fourth-order valence-corrected chi connectivity index (χ4v) is 0. The zero-order chi connectivity index (χ0) is 3.41. The number of carbonyl (C=O) groups is 1. The van der Waals surface area contributed by atoms with Crippen LogP contribution in [-0.2, 0) is 4.79 Å². The van der Waals surface area contributed by atoms with E-state index in [-0.39, 0.29) is 6.41 Å². The molecule has 0 saturated heterocycles. The van der Waals surface area contributed by atoms with E-state index in [9.17, 15) is 4.48 Å². The fraction of sp³-hybridized carbons (Fsp3) is 0. The average Bonchev–Trinajstić information content (AvgIpc) is 1.37. The van der Waals surface area contributed by atoms with Crippen molar-refractivity contribution < 1.29 is 9.28 Å². The van der Waals surface area contributed by atoms with Gasteiger partial charge in [0.2, 0.25) is 6.41 Å². The maximum absolute atomic E-state index is 10.1. The van der Waals surface area contributed by atoms with Gasteiger partial charge in [0.05, 0.1) is 0 Å². The van der Waals surface area contributed by atoms with Crippen LogP contribution in [0.1, 0.15) is 0 Å². The molecule has 0 aliphatic carbocycles. The van der Waals surface area contributed by atoms with Crippen molar-refractivity contribution >= 4 is 6.41 Å². The van der Waals surface area contributed by atoms with Crippen molar-refractivity contribution in [2.75, 3.05) is 0 Å².